The van der Waals surface area contributed by atoms with E-state index in [1.54, 1.807) is 12.1 Å². The summed E-state index contributed by atoms with van der Waals surface area (Å²) in [5.41, 5.74) is 8.70. The molecule has 1 heterocycles. The van der Waals surface area contributed by atoms with Crippen LogP contribution in [0.2, 0.25) is 0 Å². The van der Waals surface area contributed by atoms with Crippen molar-refractivity contribution in [2.45, 2.75) is 19.4 Å². The molecule has 0 spiro atoms. The number of hydrogen-bond donors (Lipinski definition) is 4. The maximum Gasteiger partial charge on any atom is 0.0746 e. The SMILES string of the molecule is CN(N)c1cc(CNCC2CCNCC2)ccc1N. The number of hydrazine groups is 1. The van der Waals surface area contributed by atoms with E-state index < -0.39 is 0 Å². The minimum Gasteiger partial charge on any atom is -0.397 e. The van der Waals surface area contributed by atoms with E-state index in [0.29, 0.717) is 5.69 Å². The molecule has 0 bridgehead atoms. The Kier molecular flexibility index (Phi) is 5.01. The number of nitrogen functional groups attached to an aromatic ring is 1. The van der Waals surface area contributed by atoms with Crippen molar-refractivity contribution < 1.29 is 0 Å². The third-order valence-electron chi connectivity index (χ3n) is 3.70. The van der Waals surface area contributed by atoms with E-state index >= 15 is 0 Å². The van der Waals surface area contributed by atoms with Gasteiger partial charge in [-0.15, -0.1) is 0 Å². The summed E-state index contributed by atoms with van der Waals surface area (Å²) in [7, 11) is 1.80. The largest absolute Gasteiger partial charge is 0.397 e. The Bertz CT molecular complexity index is 399. The van der Waals surface area contributed by atoms with Gasteiger partial charge in [-0.25, -0.2) is 5.84 Å². The van der Waals surface area contributed by atoms with Crippen LogP contribution in [0.5, 0.6) is 0 Å². The molecule has 0 aromatic heterocycles. The highest BCUT2D eigenvalue weighted by Crippen LogP contribution is 2.21. The third-order valence-corrected chi connectivity index (χ3v) is 3.70. The average Bonchev–Trinajstić information content (AvgIpc) is 2.41. The van der Waals surface area contributed by atoms with Gasteiger partial charge in [-0.3, -0.25) is 0 Å². The lowest BCUT2D eigenvalue weighted by Gasteiger charge is -2.23. The summed E-state index contributed by atoms with van der Waals surface area (Å²) < 4.78 is 0. The molecule has 1 saturated heterocycles. The van der Waals surface area contributed by atoms with Crippen molar-refractivity contribution >= 4 is 11.4 Å². The van der Waals surface area contributed by atoms with Crippen LogP contribution in [0.15, 0.2) is 18.2 Å². The first kappa shape index (κ1) is 14.1. The normalized spacial score (nSPS) is 16.5. The standard InChI is InChI=1S/C14H25N5/c1-19(16)14-8-12(2-3-13(14)15)10-18-9-11-4-6-17-7-5-11/h2-3,8,11,17-18H,4-7,9-10,15-16H2,1H3. The van der Waals surface area contributed by atoms with Gasteiger partial charge < -0.3 is 21.4 Å². The highest BCUT2D eigenvalue weighted by Gasteiger charge is 2.12. The molecule has 1 aliphatic rings. The summed E-state index contributed by atoms with van der Waals surface area (Å²) in [5, 5.41) is 8.48. The molecule has 19 heavy (non-hydrogen) atoms. The van der Waals surface area contributed by atoms with E-state index in [0.717, 1.165) is 37.8 Å². The molecular weight excluding hydrogens is 238 g/mol. The fourth-order valence-electron chi connectivity index (χ4n) is 2.51. The molecule has 0 amide bonds. The van der Waals surface area contributed by atoms with Crippen LogP contribution in [0.3, 0.4) is 0 Å². The maximum atomic E-state index is 5.89. The van der Waals surface area contributed by atoms with Gasteiger partial charge in [-0.1, -0.05) is 6.07 Å². The first-order valence-corrected chi connectivity index (χ1v) is 6.95. The minimum atomic E-state index is 0.715. The van der Waals surface area contributed by atoms with E-state index in [1.807, 2.05) is 12.1 Å². The van der Waals surface area contributed by atoms with E-state index in [9.17, 15) is 0 Å². The van der Waals surface area contributed by atoms with Crippen molar-refractivity contribution in [1.29, 1.82) is 0 Å². The zero-order chi connectivity index (χ0) is 13.7. The first-order valence-electron chi connectivity index (χ1n) is 6.95. The Hall–Kier alpha value is -1.30. The summed E-state index contributed by atoms with van der Waals surface area (Å²) >= 11 is 0. The van der Waals surface area contributed by atoms with Crippen molar-refractivity contribution in [3.8, 4) is 0 Å². The molecule has 106 valence electrons. The maximum absolute atomic E-state index is 5.89. The van der Waals surface area contributed by atoms with Crippen molar-refractivity contribution in [3.63, 3.8) is 0 Å². The Balaban J connectivity index is 1.83. The van der Waals surface area contributed by atoms with E-state index in [1.165, 1.54) is 18.4 Å². The number of benzene rings is 1. The smallest absolute Gasteiger partial charge is 0.0746 e. The van der Waals surface area contributed by atoms with Gasteiger partial charge in [0.15, 0.2) is 0 Å². The van der Waals surface area contributed by atoms with Crippen molar-refractivity contribution in [2.24, 2.45) is 11.8 Å². The number of rotatable bonds is 5. The van der Waals surface area contributed by atoms with Crippen LogP contribution in [0.25, 0.3) is 0 Å². The summed E-state index contributed by atoms with van der Waals surface area (Å²) in [4.78, 5) is 0. The zero-order valence-electron chi connectivity index (χ0n) is 11.7. The van der Waals surface area contributed by atoms with Gasteiger partial charge in [0.05, 0.1) is 11.4 Å². The van der Waals surface area contributed by atoms with Gasteiger partial charge in [-0.2, -0.15) is 0 Å². The number of nitrogens with one attached hydrogen (secondary N) is 2. The van der Waals surface area contributed by atoms with Crippen molar-refractivity contribution in [1.82, 2.24) is 10.6 Å². The van der Waals surface area contributed by atoms with Crippen LogP contribution >= 0.6 is 0 Å². The van der Waals surface area contributed by atoms with E-state index in [4.69, 9.17) is 11.6 Å². The molecule has 6 N–H and O–H groups in total. The highest BCUT2D eigenvalue weighted by atomic mass is 15.4. The molecule has 1 aromatic rings. The second-order valence-corrected chi connectivity index (χ2v) is 5.33. The number of nitrogens with zero attached hydrogens (tertiary/aromatic N) is 1. The first-order chi connectivity index (χ1) is 9.16. The zero-order valence-corrected chi connectivity index (χ0v) is 11.7. The lowest BCUT2D eigenvalue weighted by Crippen LogP contribution is -2.33. The van der Waals surface area contributed by atoms with Crippen molar-refractivity contribution in [3.05, 3.63) is 23.8 Å². The fourth-order valence-corrected chi connectivity index (χ4v) is 2.51. The Morgan fingerprint density at radius 3 is 2.79 bits per heavy atom. The van der Waals surface area contributed by atoms with Crippen LogP contribution in [0.1, 0.15) is 18.4 Å². The van der Waals surface area contributed by atoms with Crippen LogP contribution < -0.4 is 27.2 Å². The number of nitrogens with two attached hydrogens (primary N) is 2. The molecule has 5 nitrogen and oxygen atoms in total. The van der Waals surface area contributed by atoms with Gasteiger partial charge in [0.25, 0.3) is 0 Å². The lowest BCUT2D eigenvalue weighted by molar-refractivity contribution is 0.356. The molecule has 0 aliphatic carbocycles. The molecule has 0 saturated carbocycles. The van der Waals surface area contributed by atoms with Crippen LogP contribution in [-0.2, 0) is 6.54 Å². The van der Waals surface area contributed by atoms with Gasteiger partial charge >= 0.3 is 0 Å². The third kappa shape index (κ3) is 4.09. The summed E-state index contributed by atoms with van der Waals surface area (Å²) in [6.07, 6.45) is 2.54. The summed E-state index contributed by atoms with van der Waals surface area (Å²) in [5.74, 6) is 6.55. The van der Waals surface area contributed by atoms with Gasteiger partial charge in [-0.05, 0) is 56.1 Å². The van der Waals surface area contributed by atoms with Crippen LogP contribution in [0, 0.1) is 5.92 Å². The molecule has 1 aromatic carbocycles. The topological polar surface area (TPSA) is 79.3 Å². The Labute approximate surface area is 115 Å². The second-order valence-electron chi connectivity index (χ2n) is 5.33. The van der Waals surface area contributed by atoms with Crippen LogP contribution in [0.4, 0.5) is 11.4 Å². The van der Waals surface area contributed by atoms with Gasteiger partial charge in [0, 0.05) is 13.6 Å². The quantitative estimate of drug-likeness (QED) is 0.357. The van der Waals surface area contributed by atoms with E-state index in [-0.39, 0.29) is 0 Å². The summed E-state index contributed by atoms with van der Waals surface area (Å²) in [6.45, 7) is 4.25. The monoisotopic (exact) mass is 263 g/mol. The second kappa shape index (κ2) is 6.75. The highest BCUT2D eigenvalue weighted by molar-refractivity contribution is 5.67. The van der Waals surface area contributed by atoms with Gasteiger partial charge in [0.2, 0.25) is 0 Å². The predicted octanol–water partition coefficient (Wildman–Crippen LogP) is 0.668. The average molecular weight is 263 g/mol. The summed E-state index contributed by atoms with van der Waals surface area (Å²) in [6, 6.07) is 6.02. The number of anilines is 2. The van der Waals surface area contributed by atoms with E-state index in [2.05, 4.69) is 16.7 Å². The van der Waals surface area contributed by atoms with Crippen molar-refractivity contribution in [2.75, 3.05) is 37.4 Å². The molecule has 1 fully saturated rings. The lowest BCUT2D eigenvalue weighted by atomic mass is 9.98. The molecule has 2 rings (SSSR count). The van der Waals surface area contributed by atoms with Crippen LogP contribution in [-0.4, -0.2) is 26.7 Å². The molecule has 0 unspecified atom stereocenters. The fraction of sp³-hybridized carbons (Fsp3) is 0.571. The molecule has 5 heteroatoms. The molecule has 0 radical (unpaired) electrons. The Morgan fingerprint density at radius 1 is 1.37 bits per heavy atom. The predicted molar refractivity (Wildman–Crippen MR) is 80.7 cm³/mol. The molecule has 1 aliphatic heterocycles. The number of piperidine rings is 1. The van der Waals surface area contributed by atoms with Gasteiger partial charge in [0.1, 0.15) is 0 Å². The molecule has 0 atom stereocenters. The Morgan fingerprint density at radius 2 is 2.11 bits per heavy atom. The molecular formula is C14H25N5. The number of hydrogen-bond acceptors (Lipinski definition) is 5. The minimum absolute atomic E-state index is 0.715.